The minimum atomic E-state index is -4.60. The van der Waals surface area contributed by atoms with Crippen molar-refractivity contribution >= 4 is 0 Å². The summed E-state index contributed by atoms with van der Waals surface area (Å²) in [6, 6.07) is 15.6. The van der Waals surface area contributed by atoms with Gasteiger partial charge in [0.05, 0.1) is 12.7 Å². The standard InChI is InChI=1S/2C9H9F3O.C8H7F3O.2C2H6/c1-6-3-4-8(13-2)7(5-6)9(10,11)12;1-2-7-3-5-8(6-4-7)13-9(10,11)12;1-6-3-2-4-7(5-6)12-8(9,10)11;2*1-2/h3-5H,1-2H3;3-6H,2H2,1H3;2-5H,1H3;2*1-2H3. The van der Waals surface area contributed by atoms with Crippen molar-refractivity contribution in [3.63, 3.8) is 0 Å². The second-order valence-electron chi connectivity index (χ2n) is 7.61. The first-order chi connectivity index (χ1) is 19.4. The Bertz CT molecular complexity index is 1120. The molecule has 0 aliphatic carbocycles. The van der Waals surface area contributed by atoms with Crippen LogP contribution in [0.1, 0.15) is 56.9 Å². The molecule has 0 heterocycles. The first kappa shape index (κ1) is 40.6. The van der Waals surface area contributed by atoms with E-state index in [4.69, 9.17) is 0 Å². The fraction of sp³-hybridized carbons (Fsp3) is 0.400. The topological polar surface area (TPSA) is 27.7 Å². The van der Waals surface area contributed by atoms with Gasteiger partial charge in [0.15, 0.2) is 0 Å². The molecule has 0 N–H and O–H groups in total. The Hall–Kier alpha value is -3.57. The van der Waals surface area contributed by atoms with Crippen LogP contribution in [0, 0.1) is 13.8 Å². The van der Waals surface area contributed by atoms with E-state index in [-0.39, 0.29) is 17.2 Å². The highest BCUT2D eigenvalue weighted by Gasteiger charge is 2.34. The Morgan fingerprint density at radius 3 is 1.48 bits per heavy atom. The Morgan fingerprint density at radius 2 is 1.07 bits per heavy atom. The van der Waals surface area contributed by atoms with Gasteiger partial charge in [0.1, 0.15) is 17.2 Å². The molecular weight excluding hydrogens is 579 g/mol. The molecule has 12 heteroatoms. The lowest BCUT2D eigenvalue weighted by atomic mass is 10.1. The number of ether oxygens (including phenoxy) is 3. The van der Waals surface area contributed by atoms with Gasteiger partial charge in [0.2, 0.25) is 0 Å². The molecule has 0 bridgehead atoms. The Balaban J connectivity index is 0. The molecule has 3 aromatic rings. The number of rotatable bonds is 4. The molecule has 3 nitrogen and oxygen atoms in total. The third-order valence-electron chi connectivity index (χ3n) is 4.45. The Morgan fingerprint density at radius 1 is 0.595 bits per heavy atom. The average Bonchev–Trinajstić information content (AvgIpc) is 2.90. The molecule has 238 valence electrons. The normalized spacial score (nSPS) is 10.6. The van der Waals surface area contributed by atoms with Crippen LogP contribution in [0.15, 0.2) is 66.7 Å². The third kappa shape index (κ3) is 18.7. The Kier molecular flexibility index (Phi) is 18.9. The van der Waals surface area contributed by atoms with Crippen molar-refractivity contribution in [1.29, 1.82) is 0 Å². The van der Waals surface area contributed by atoms with E-state index in [1.54, 1.807) is 38.1 Å². The molecule has 0 spiro atoms. The van der Waals surface area contributed by atoms with Crippen LogP contribution in [0.2, 0.25) is 0 Å². The van der Waals surface area contributed by atoms with Crippen LogP contribution >= 0.6 is 0 Å². The van der Waals surface area contributed by atoms with Crippen LogP contribution in [-0.2, 0) is 12.6 Å². The lowest BCUT2D eigenvalue weighted by Crippen LogP contribution is -2.17. The number of alkyl halides is 9. The van der Waals surface area contributed by atoms with Crippen molar-refractivity contribution in [1.82, 2.24) is 0 Å². The molecule has 0 saturated carbocycles. The highest BCUT2D eigenvalue weighted by molar-refractivity contribution is 5.38. The predicted octanol–water partition coefficient (Wildman–Crippen LogP) is 11.1. The predicted molar refractivity (Wildman–Crippen MR) is 146 cm³/mol. The summed E-state index contributed by atoms with van der Waals surface area (Å²) >= 11 is 0. The lowest BCUT2D eigenvalue weighted by molar-refractivity contribution is -0.275. The van der Waals surface area contributed by atoms with Crippen LogP contribution in [0.3, 0.4) is 0 Å². The van der Waals surface area contributed by atoms with E-state index in [0.29, 0.717) is 5.56 Å². The average molecular weight is 617 g/mol. The van der Waals surface area contributed by atoms with Gasteiger partial charge in [-0.25, -0.2) is 0 Å². The van der Waals surface area contributed by atoms with Crippen LogP contribution in [-0.4, -0.2) is 19.8 Å². The highest BCUT2D eigenvalue weighted by atomic mass is 19.4. The van der Waals surface area contributed by atoms with E-state index >= 15 is 0 Å². The summed E-state index contributed by atoms with van der Waals surface area (Å²) in [7, 11) is 1.22. The SMILES string of the molecule is CC.CC.CCc1ccc(OC(F)(F)F)cc1.COc1ccc(C)cc1C(F)(F)F.Cc1cccc(OC(F)(F)F)c1. The fourth-order valence-electron chi connectivity index (χ4n) is 2.78. The van der Waals surface area contributed by atoms with Gasteiger partial charge < -0.3 is 14.2 Å². The summed E-state index contributed by atoms with van der Waals surface area (Å²) in [4.78, 5) is 0. The maximum atomic E-state index is 12.3. The highest BCUT2D eigenvalue weighted by Crippen LogP contribution is 2.36. The molecule has 0 atom stereocenters. The van der Waals surface area contributed by atoms with Crippen molar-refractivity contribution in [3.05, 3.63) is 89.0 Å². The first-order valence-corrected chi connectivity index (χ1v) is 12.8. The molecule has 0 amide bonds. The summed E-state index contributed by atoms with van der Waals surface area (Å²) in [6.07, 6.45) is -12.8. The second-order valence-corrected chi connectivity index (χ2v) is 7.61. The summed E-state index contributed by atoms with van der Waals surface area (Å²) < 4.78 is 119. The van der Waals surface area contributed by atoms with Gasteiger partial charge in [-0.05, 0) is 67.8 Å². The third-order valence-corrected chi connectivity index (χ3v) is 4.45. The van der Waals surface area contributed by atoms with Crippen molar-refractivity contribution < 1.29 is 53.7 Å². The minimum absolute atomic E-state index is 0.141. The molecular formula is C30H37F9O3. The number of hydrogen-bond acceptors (Lipinski definition) is 3. The number of methoxy groups -OCH3 is 1. The van der Waals surface area contributed by atoms with Crippen LogP contribution < -0.4 is 14.2 Å². The molecule has 3 aromatic carbocycles. The van der Waals surface area contributed by atoms with E-state index in [9.17, 15) is 39.5 Å². The summed E-state index contributed by atoms with van der Waals surface area (Å²) in [5, 5.41) is 0. The number of halogens is 9. The number of aryl methyl sites for hydroxylation is 3. The molecule has 42 heavy (non-hydrogen) atoms. The van der Waals surface area contributed by atoms with Crippen molar-refractivity contribution in [2.75, 3.05) is 7.11 Å². The summed E-state index contributed by atoms with van der Waals surface area (Å²) in [6.45, 7) is 13.2. The van der Waals surface area contributed by atoms with E-state index in [1.165, 1.54) is 43.5 Å². The van der Waals surface area contributed by atoms with Gasteiger partial charge in [-0.2, -0.15) is 13.2 Å². The van der Waals surface area contributed by atoms with Gasteiger partial charge in [0.25, 0.3) is 0 Å². The first-order valence-electron chi connectivity index (χ1n) is 12.8. The molecule has 0 unspecified atom stereocenters. The Labute approximate surface area is 241 Å². The smallest absolute Gasteiger partial charge is 0.496 e. The van der Waals surface area contributed by atoms with E-state index < -0.39 is 24.5 Å². The van der Waals surface area contributed by atoms with Gasteiger partial charge in [-0.1, -0.05) is 70.5 Å². The van der Waals surface area contributed by atoms with Crippen molar-refractivity contribution in [3.8, 4) is 17.2 Å². The fourth-order valence-corrected chi connectivity index (χ4v) is 2.78. The quantitative estimate of drug-likeness (QED) is 0.273. The zero-order valence-electron chi connectivity index (χ0n) is 24.7. The van der Waals surface area contributed by atoms with Gasteiger partial charge in [-0.15, -0.1) is 26.3 Å². The molecule has 0 fully saturated rings. The molecule has 0 aliphatic heterocycles. The zero-order valence-corrected chi connectivity index (χ0v) is 24.7. The van der Waals surface area contributed by atoms with Crippen LogP contribution in [0.4, 0.5) is 39.5 Å². The second kappa shape index (κ2) is 19.5. The van der Waals surface area contributed by atoms with Crippen LogP contribution in [0.5, 0.6) is 17.2 Å². The number of benzene rings is 3. The molecule has 0 aromatic heterocycles. The number of hydrogen-bond donors (Lipinski definition) is 0. The molecule has 0 saturated heterocycles. The van der Waals surface area contributed by atoms with Crippen LogP contribution in [0.25, 0.3) is 0 Å². The molecule has 0 radical (unpaired) electrons. The maximum Gasteiger partial charge on any atom is 0.573 e. The monoisotopic (exact) mass is 616 g/mol. The molecule has 3 rings (SSSR count). The zero-order chi connectivity index (χ0) is 33.1. The van der Waals surface area contributed by atoms with E-state index in [2.05, 4.69) is 14.2 Å². The van der Waals surface area contributed by atoms with Crippen molar-refractivity contribution in [2.24, 2.45) is 0 Å². The summed E-state index contributed by atoms with van der Waals surface area (Å²) in [5.41, 5.74) is 1.55. The van der Waals surface area contributed by atoms with Gasteiger partial charge >= 0.3 is 18.9 Å². The summed E-state index contributed by atoms with van der Waals surface area (Å²) in [5.74, 6) is -0.495. The van der Waals surface area contributed by atoms with E-state index in [1.807, 2.05) is 34.6 Å². The van der Waals surface area contributed by atoms with E-state index in [0.717, 1.165) is 23.6 Å². The lowest BCUT2D eigenvalue weighted by Gasteiger charge is -2.11. The minimum Gasteiger partial charge on any atom is -0.496 e. The van der Waals surface area contributed by atoms with Gasteiger partial charge in [-0.3, -0.25) is 0 Å². The maximum absolute atomic E-state index is 12.3. The van der Waals surface area contributed by atoms with Crippen molar-refractivity contribution in [2.45, 2.75) is 73.8 Å². The van der Waals surface area contributed by atoms with Gasteiger partial charge in [0, 0.05) is 0 Å². The molecule has 0 aliphatic rings. The largest absolute Gasteiger partial charge is 0.573 e.